The highest BCUT2D eigenvalue weighted by Gasteiger charge is 2.18. The third-order valence-corrected chi connectivity index (χ3v) is 3.43. The second-order valence-corrected chi connectivity index (χ2v) is 4.77. The van der Waals surface area contributed by atoms with Crippen molar-refractivity contribution < 1.29 is 5.11 Å². The molecule has 2 heterocycles. The first-order valence-electron chi connectivity index (χ1n) is 5.87. The summed E-state index contributed by atoms with van der Waals surface area (Å²) >= 11 is 6.05. The Morgan fingerprint density at radius 1 is 1.32 bits per heavy atom. The molecule has 3 rings (SSSR count). The van der Waals surface area contributed by atoms with E-state index in [2.05, 4.69) is 10.1 Å². The molecule has 0 fully saturated rings. The van der Waals surface area contributed by atoms with E-state index < -0.39 is 6.10 Å². The van der Waals surface area contributed by atoms with Crippen molar-refractivity contribution in [3.63, 3.8) is 0 Å². The zero-order chi connectivity index (χ0) is 13.4. The molecule has 4 nitrogen and oxygen atoms in total. The van der Waals surface area contributed by atoms with E-state index in [9.17, 15) is 5.11 Å². The fourth-order valence-electron chi connectivity index (χ4n) is 2.15. The second-order valence-electron chi connectivity index (χ2n) is 4.36. The van der Waals surface area contributed by atoms with Gasteiger partial charge in [-0.2, -0.15) is 5.10 Å². The quantitative estimate of drug-likeness (QED) is 0.781. The molecule has 19 heavy (non-hydrogen) atoms. The van der Waals surface area contributed by atoms with Gasteiger partial charge in [-0.05, 0) is 23.8 Å². The van der Waals surface area contributed by atoms with Gasteiger partial charge in [-0.3, -0.25) is 9.67 Å². The summed E-state index contributed by atoms with van der Waals surface area (Å²) in [6, 6.07) is 9.48. The fourth-order valence-corrected chi connectivity index (χ4v) is 2.42. The number of aliphatic hydroxyl groups excluding tert-OH is 1. The van der Waals surface area contributed by atoms with Crippen LogP contribution >= 0.6 is 11.6 Å². The first kappa shape index (κ1) is 12.1. The molecule has 5 heteroatoms. The average Bonchev–Trinajstić information content (AvgIpc) is 2.77. The summed E-state index contributed by atoms with van der Waals surface area (Å²) in [6.45, 7) is 0. The zero-order valence-electron chi connectivity index (χ0n) is 10.3. The van der Waals surface area contributed by atoms with Crippen LogP contribution in [-0.2, 0) is 7.05 Å². The van der Waals surface area contributed by atoms with Gasteiger partial charge in [-0.15, -0.1) is 0 Å². The molecular weight excluding hydrogens is 262 g/mol. The second kappa shape index (κ2) is 4.64. The standard InChI is InChI=1S/C14H12ClN3O/c1-18-13(11(15)8-17-18)14(19)10-4-5-12-9(7-10)3-2-6-16-12/h2-8,14,19H,1H3. The number of aliphatic hydroxyl groups is 1. The molecule has 0 saturated heterocycles. The Morgan fingerprint density at radius 2 is 2.16 bits per heavy atom. The third kappa shape index (κ3) is 2.09. The molecule has 1 N–H and O–H groups in total. The minimum absolute atomic E-state index is 0.460. The van der Waals surface area contributed by atoms with Crippen molar-refractivity contribution in [1.29, 1.82) is 0 Å². The fraction of sp³-hybridized carbons (Fsp3) is 0.143. The van der Waals surface area contributed by atoms with Crippen molar-refractivity contribution >= 4 is 22.5 Å². The van der Waals surface area contributed by atoms with Gasteiger partial charge < -0.3 is 5.11 Å². The molecule has 1 atom stereocenters. The maximum atomic E-state index is 10.4. The summed E-state index contributed by atoms with van der Waals surface area (Å²) in [5.74, 6) is 0. The molecule has 0 bridgehead atoms. The maximum absolute atomic E-state index is 10.4. The molecule has 2 aromatic heterocycles. The Morgan fingerprint density at radius 3 is 2.89 bits per heavy atom. The van der Waals surface area contributed by atoms with E-state index in [1.807, 2.05) is 30.3 Å². The van der Waals surface area contributed by atoms with E-state index in [1.165, 1.54) is 6.20 Å². The molecule has 0 aliphatic carbocycles. The minimum Gasteiger partial charge on any atom is -0.382 e. The molecule has 96 valence electrons. The van der Waals surface area contributed by atoms with Gasteiger partial charge in [0, 0.05) is 18.6 Å². The van der Waals surface area contributed by atoms with Gasteiger partial charge in [0.15, 0.2) is 0 Å². The highest BCUT2D eigenvalue weighted by Crippen LogP contribution is 2.29. The van der Waals surface area contributed by atoms with Crippen LogP contribution in [0, 0.1) is 0 Å². The van der Waals surface area contributed by atoms with Crippen molar-refractivity contribution in [2.75, 3.05) is 0 Å². The number of hydrogen-bond donors (Lipinski definition) is 1. The van der Waals surface area contributed by atoms with Crippen LogP contribution in [-0.4, -0.2) is 19.9 Å². The molecule has 1 aromatic carbocycles. The van der Waals surface area contributed by atoms with E-state index >= 15 is 0 Å². The summed E-state index contributed by atoms with van der Waals surface area (Å²) < 4.78 is 1.58. The third-order valence-electron chi connectivity index (χ3n) is 3.14. The molecule has 0 saturated carbocycles. The summed E-state index contributed by atoms with van der Waals surface area (Å²) in [7, 11) is 1.76. The van der Waals surface area contributed by atoms with Gasteiger partial charge in [0.25, 0.3) is 0 Å². The number of aryl methyl sites for hydroxylation is 1. The summed E-state index contributed by atoms with van der Waals surface area (Å²) in [4.78, 5) is 4.25. The number of halogens is 1. The number of benzene rings is 1. The topological polar surface area (TPSA) is 50.9 Å². The minimum atomic E-state index is -0.801. The van der Waals surface area contributed by atoms with E-state index in [1.54, 1.807) is 17.9 Å². The number of aromatic nitrogens is 3. The molecule has 0 amide bonds. The molecule has 0 spiro atoms. The number of nitrogens with zero attached hydrogens (tertiary/aromatic N) is 3. The van der Waals surface area contributed by atoms with Crippen LogP contribution in [0.5, 0.6) is 0 Å². The van der Waals surface area contributed by atoms with Crippen LogP contribution in [0.1, 0.15) is 17.4 Å². The van der Waals surface area contributed by atoms with Crippen molar-refractivity contribution in [2.45, 2.75) is 6.10 Å². The summed E-state index contributed by atoms with van der Waals surface area (Å²) in [5.41, 5.74) is 2.26. The van der Waals surface area contributed by atoms with Crippen LogP contribution in [0.4, 0.5) is 0 Å². The first-order chi connectivity index (χ1) is 9.16. The maximum Gasteiger partial charge on any atom is 0.122 e. The predicted molar refractivity (Wildman–Crippen MR) is 74.0 cm³/mol. The zero-order valence-corrected chi connectivity index (χ0v) is 11.0. The van der Waals surface area contributed by atoms with Crippen LogP contribution in [0.25, 0.3) is 10.9 Å². The normalized spacial score (nSPS) is 12.8. The first-order valence-corrected chi connectivity index (χ1v) is 6.25. The smallest absolute Gasteiger partial charge is 0.122 e. The molecule has 0 aliphatic heterocycles. The Hall–Kier alpha value is -1.91. The lowest BCUT2D eigenvalue weighted by molar-refractivity contribution is 0.210. The highest BCUT2D eigenvalue weighted by molar-refractivity contribution is 6.31. The summed E-state index contributed by atoms with van der Waals surface area (Å²) in [5, 5.41) is 15.9. The van der Waals surface area contributed by atoms with Crippen molar-refractivity contribution in [2.24, 2.45) is 7.05 Å². The molecule has 3 aromatic rings. The predicted octanol–water partition coefficient (Wildman–Crippen LogP) is 2.70. The summed E-state index contributed by atoms with van der Waals surface area (Å²) in [6.07, 6.45) is 2.48. The van der Waals surface area contributed by atoms with Gasteiger partial charge >= 0.3 is 0 Å². The van der Waals surface area contributed by atoms with Crippen LogP contribution < -0.4 is 0 Å². The molecule has 1 unspecified atom stereocenters. The number of pyridine rings is 1. The average molecular weight is 274 g/mol. The van der Waals surface area contributed by atoms with Crippen LogP contribution in [0.3, 0.4) is 0 Å². The largest absolute Gasteiger partial charge is 0.382 e. The number of fused-ring (bicyclic) bond motifs is 1. The Kier molecular flexibility index (Phi) is 2.97. The van der Waals surface area contributed by atoms with E-state index in [4.69, 9.17) is 11.6 Å². The SMILES string of the molecule is Cn1ncc(Cl)c1C(O)c1ccc2ncccc2c1. The van der Waals surface area contributed by atoms with Gasteiger partial charge in [-0.25, -0.2) is 0 Å². The highest BCUT2D eigenvalue weighted by atomic mass is 35.5. The molecular formula is C14H12ClN3O. The van der Waals surface area contributed by atoms with Crippen molar-refractivity contribution in [3.05, 3.63) is 59.0 Å². The molecule has 0 radical (unpaired) electrons. The lowest BCUT2D eigenvalue weighted by Gasteiger charge is -2.13. The van der Waals surface area contributed by atoms with Crippen molar-refractivity contribution in [1.82, 2.24) is 14.8 Å². The Bertz CT molecular complexity index is 719. The Balaban J connectivity index is 2.09. The monoisotopic (exact) mass is 273 g/mol. The van der Waals surface area contributed by atoms with Gasteiger partial charge in [0.05, 0.1) is 22.4 Å². The van der Waals surface area contributed by atoms with Gasteiger partial charge in [0.2, 0.25) is 0 Å². The van der Waals surface area contributed by atoms with E-state index in [-0.39, 0.29) is 0 Å². The van der Waals surface area contributed by atoms with Crippen LogP contribution in [0.2, 0.25) is 5.02 Å². The van der Waals surface area contributed by atoms with Crippen molar-refractivity contribution in [3.8, 4) is 0 Å². The van der Waals surface area contributed by atoms with E-state index in [0.29, 0.717) is 10.7 Å². The van der Waals surface area contributed by atoms with Gasteiger partial charge in [0.1, 0.15) is 6.10 Å². The van der Waals surface area contributed by atoms with E-state index in [0.717, 1.165) is 16.5 Å². The lowest BCUT2D eigenvalue weighted by atomic mass is 10.0. The Labute approximate surface area is 115 Å². The number of rotatable bonds is 2. The number of hydrogen-bond acceptors (Lipinski definition) is 3. The van der Waals surface area contributed by atoms with Gasteiger partial charge in [-0.1, -0.05) is 23.7 Å². The molecule has 0 aliphatic rings. The van der Waals surface area contributed by atoms with Crippen LogP contribution in [0.15, 0.2) is 42.7 Å². The lowest BCUT2D eigenvalue weighted by Crippen LogP contribution is -2.07.